The molecule has 2 heterocycles. The number of hydrogen-bond acceptors (Lipinski definition) is 6. The highest BCUT2D eigenvalue weighted by Crippen LogP contribution is 2.32. The first-order valence-electron chi connectivity index (χ1n) is 9.19. The largest absolute Gasteiger partial charge is 0.377 e. The maximum absolute atomic E-state index is 12.8. The van der Waals surface area contributed by atoms with Gasteiger partial charge in [0.15, 0.2) is 0 Å². The highest BCUT2D eigenvalue weighted by Gasteiger charge is 2.27. The van der Waals surface area contributed by atoms with E-state index in [-0.39, 0.29) is 11.6 Å². The predicted octanol–water partition coefficient (Wildman–Crippen LogP) is 3.19. The number of nitro groups is 1. The second-order valence-electron chi connectivity index (χ2n) is 7.06. The van der Waals surface area contributed by atoms with Crippen molar-refractivity contribution in [3.8, 4) is 0 Å². The molecule has 2 aliphatic rings. The lowest BCUT2D eigenvalue weighted by atomic mass is 10.1. The summed E-state index contributed by atoms with van der Waals surface area (Å²) in [5.74, 6) is -0.133. The van der Waals surface area contributed by atoms with Crippen LogP contribution in [0.1, 0.15) is 28.1 Å². The standard InChI is InChI=1S/C19H22N4O3S/c24-19(22-9-7-21(8-10-22)13-16-2-1-11-27-16)14-3-6-17(20-15-4-5-15)18(12-14)23(25)26/h1-3,6,11-12,15,20H,4-5,7-10,13H2. The molecule has 2 fully saturated rings. The zero-order chi connectivity index (χ0) is 18.8. The molecule has 7 nitrogen and oxygen atoms in total. The molecule has 1 saturated carbocycles. The molecule has 8 heteroatoms. The van der Waals surface area contributed by atoms with E-state index in [1.165, 1.54) is 10.9 Å². The van der Waals surface area contributed by atoms with Crippen molar-refractivity contribution in [3.05, 3.63) is 56.3 Å². The summed E-state index contributed by atoms with van der Waals surface area (Å²) in [6, 6.07) is 9.26. The first-order valence-corrected chi connectivity index (χ1v) is 10.1. The number of anilines is 1. The molecular formula is C19H22N4O3S. The number of hydrogen-bond donors (Lipinski definition) is 1. The smallest absolute Gasteiger partial charge is 0.293 e. The molecule has 0 bridgehead atoms. The quantitative estimate of drug-likeness (QED) is 0.609. The van der Waals surface area contributed by atoms with Gasteiger partial charge in [0, 0.05) is 55.3 Å². The lowest BCUT2D eigenvalue weighted by molar-refractivity contribution is -0.384. The minimum Gasteiger partial charge on any atom is -0.377 e. The first kappa shape index (κ1) is 17.9. The van der Waals surface area contributed by atoms with E-state index in [9.17, 15) is 14.9 Å². The van der Waals surface area contributed by atoms with Gasteiger partial charge in [0.1, 0.15) is 5.69 Å². The van der Waals surface area contributed by atoms with E-state index in [0.29, 0.717) is 30.4 Å². The molecule has 1 aromatic carbocycles. The number of carbonyl (C=O) groups is 1. The van der Waals surface area contributed by atoms with Crippen molar-refractivity contribution < 1.29 is 9.72 Å². The Morgan fingerprint density at radius 3 is 2.63 bits per heavy atom. The number of thiophene rings is 1. The van der Waals surface area contributed by atoms with Gasteiger partial charge in [-0.2, -0.15) is 0 Å². The highest BCUT2D eigenvalue weighted by atomic mass is 32.1. The average molecular weight is 386 g/mol. The van der Waals surface area contributed by atoms with Crippen LogP contribution in [0, 0.1) is 10.1 Å². The summed E-state index contributed by atoms with van der Waals surface area (Å²) in [4.78, 5) is 29.2. The van der Waals surface area contributed by atoms with Crippen LogP contribution >= 0.6 is 11.3 Å². The Kier molecular flexibility index (Phi) is 5.09. The summed E-state index contributed by atoms with van der Waals surface area (Å²) in [6.45, 7) is 3.81. The number of piperazine rings is 1. The summed E-state index contributed by atoms with van der Waals surface area (Å²) in [7, 11) is 0. The molecule has 0 spiro atoms. The Morgan fingerprint density at radius 2 is 2.00 bits per heavy atom. The second-order valence-corrected chi connectivity index (χ2v) is 8.09. The van der Waals surface area contributed by atoms with Crippen molar-refractivity contribution in [3.63, 3.8) is 0 Å². The molecule has 1 amide bonds. The number of amides is 1. The van der Waals surface area contributed by atoms with E-state index in [4.69, 9.17) is 0 Å². The normalized spacial score (nSPS) is 17.7. The van der Waals surface area contributed by atoms with Crippen LogP contribution in [0.5, 0.6) is 0 Å². The minimum atomic E-state index is -0.416. The van der Waals surface area contributed by atoms with Crippen LogP contribution in [-0.2, 0) is 6.54 Å². The van der Waals surface area contributed by atoms with Crippen LogP contribution in [0.15, 0.2) is 35.7 Å². The fourth-order valence-electron chi connectivity index (χ4n) is 3.30. The molecule has 1 aliphatic carbocycles. The molecule has 0 unspecified atom stereocenters. The number of nitro benzene ring substituents is 1. The summed E-state index contributed by atoms with van der Waals surface area (Å²) in [5.41, 5.74) is 0.860. The third-order valence-corrected chi connectivity index (χ3v) is 5.86. The minimum absolute atomic E-state index is 0.0240. The van der Waals surface area contributed by atoms with Gasteiger partial charge in [-0.15, -0.1) is 11.3 Å². The first-order chi connectivity index (χ1) is 13.1. The molecule has 1 aromatic heterocycles. The number of benzene rings is 1. The van der Waals surface area contributed by atoms with Crippen LogP contribution in [-0.4, -0.2) is 52.9 Å². The Hall–Kier alpha value is -2.45. The molecule has 2 aromatic rings. The summed E-state index contributed by atoms with van der Waals surface area (Å²) in [6.07, 6.45) is 2.07. The topological polar surface area (TPSA) is 78.7 Å². The Morgan fingerprint density at radius 1 is 1.22 bits per heavy atom. The van der Waals surface area contributed by atoms with E-state index in [2.05, 4.69) is 27.7 Å². The fraction of sp³-hybridized carbons (Fsp3) is 0.421. The molecule has 1 saturated heterocycles. The van der Waals surface area contributed by atoms with Gasteiger partial charge < -0.3 is 10.2 Å². The SMILES string of the molecule is O=C(c1ccc(NC2CC2)c([N+](=O)[O-])c1)N1CCN(Cc2cccs2)CC1. The van der Waals surface area contributed by atoms with E-state index in [1.54, 1.807) is 28.4 Å². The number of carbonyl (C=O) groups excluding carboxylic acids is 1. The second kappa shape index (κ2) is 7.66. The van der Waals surface area contributed by atoms with E-state index < -0.39 is 4.92 Å². The molecule has 1 aliphatic heterocycles. The molecule has 27 heavy (non-hydrogen) atoms. The zero-order valence-electron chi connectivity index (χ0n) is 15.0. The lowest BCUT2D eigenvalue weighted by Crippen LogP contribution is -2.48. The molecule has 4 rings (SSSR count). The van der Waals surface area contributed by atoms with Crippen molar-refractivity contribution in [2.24, 2.45) is 0 Å². The van der Waals surface area contributed by atoms with E-state index in [0.717, 1.165) is 32.5 Å². The van der Waals surface area contributed by atoms with Crippen molar-refractivity contribution in [2.75, 3.05) is 31.5 Å². The molecule has 0 radical (unpaired) electrons. The van der Waals surface area contributed by atoms with Crippen LogP contribution in [0.3, 0.4) is 0 Å². The van der Waals surface area contributed by atoms with Gasteiger partial charge in [-0.3, -0.25) is 19.8 Å². The van der Waals surface area contributed by atoms with Gasteiger partial charge >= 0.3 is 0 Å². The molecule has 142 valence electrons. The van der Waals surface area contributed by atoms with Gasteiger partial charge in [-0.25, -0.2) is 0 Å². The molecular weight excluding hydrogens is 364 g/mol. The lowest BCUT2D eigenvalue weighted by Gasteiger charge is -2.34. The average Bonchev–Trinajstić information content (AvgIpc) is 3.34. The zero-order valence-corrected chi connectivity index (χ0v) is 15.8. The monoisotopic (exact) mass is 386 g/mol. The number of nitrogens with zero attached hydrogens (tertiary/aromatic N) is 3. The van der Waals surface area contributed by atoms with Gasteiger partial charge in [0.25, 0.3) is 11.6 Å². The third kappa shape index (κ3) is 4.28. The van der Waals surface area contributed by atoms with E-state index in [1.807, 2.05) is 0 Å². The molecule has 1 N–H and O–H groups in total. The van der Waals surface area contributed by atoms with Crippen molar-refractivity contribution >= 4 is 28.6 Å². The van der Waals surface area contributed by atoms with Gasteiger partial charge in [-0.1, -0.05) is 6.07 Å². The fourth-order valence-corrected chi connectivity index (χ4v) is 4.05. The summed E-state index contributed by atoms with van der Waals surface area (Å²) in [5, 5.41) is 16.6. The van der Waals surface area contributed by atoms with Crippen LogP contribution < -0.4 is 5.32 Å². The van der Waals surface area contributed by atoms with Crippen LogP contribution in [0.2, 0.25) is 0 Å². The Labute approximate surface area is 161 Å². The summed E-state index contributed by atoms with van der Waals surface area (Å²) < 4.78 is 0. The maximum atomic E-state index is 12.8. The van der Waals surface area contributed by atoms with Crippen LogP contribution in [0.4, 0.5) is 11.4 Å². The van der Waals surface area contributed by atoms with Crippen molar-refractivity contribution in [2.45, 2.75) is 25.4 Å². The number of nitrogens with one attached hydrogen (secondary N) is 1. The maximum Gasteiger partial charge on any atom is 0.293 e. The molecule has 0 atom stereocenters. The van der Waals surface area contributed by atoms with E-state index >= 15 is 0 Å². The van der Waals surface area contributed by atoms with Crippen LogP contribution in [0.25, 0.3) is 0 Å². The Bertz CT molecular complexity index is 827. The summed E-state index contributed by atoms with van der Waals surface area (Å²) >= 11 is 1.74. The van der Waals surface area contributed by atoms with Crippen molar-refractivity contribution in [1.82, 2.24) is 9.80 Å². The van der Waals surface area contributed by atoms with Gasteiger partial charge in [0.2, 0.25) is 0 Å². The number of rotatable bonds is 6. The van der Waals surface area contributed by atoms with Gasteiger partial charge in [-0.05, 0) is 36.4 Å². The predicted molar refractivity (Wildman–Crippen MR) is 105 cm³/mol. The highest BCUT2D eigenvalue weighted by molar-refractivity contribution is 7.09. The third-order valence-electron chi connectivity index (χ3n) is 5.00. The van der Waals surface area contributed by atoms with Gasteiger partial charge in [0.05, 0.1) is 4.92 Å². The Balaban J connectivity index is 1.40. The van der Waals surface area contributed by atoms with Crippen molar-refractivity contribution in [1.29, 1.82) is 0 Å².